The molecule has 0 bridgehead atoms. The zero-order valence-electron chi connectivity index (χ0n) is 11.7. The number of fused-ring (bicyclic) bond motifs is 1. The zero-order chi connectivity index (χ0) is 14.1. The molecule has 20 heavy (non-hydrogen) atoms. The third kappa shape index (κ3) is 2.29. The van der Waals surface area contributed by atoms with Crippen molar-refractivity contribution >= 4 is 17.0 Å². The van der Waals surface area contributed by atoms with Crippen LogP contribution in [-0.2, 0) is 6.54 Å². The minimum absolute atomic E-state index is 0.283. The predicted octanol–water partition coefficient (Wildman–Crippen LogP) is 2.14. The lowest BCUT2D eigenvalue weighted by Crippen LogP contribution is -2.24. The molecule has 1 fully saturated rings. The number of carboxylic acid groups (broad SMARTS) is 1. The van der Waals surface area contributed by atoms with Crippen LogP contribution in [0.4, 0.5) is 0 Å². The van der Waals surface area contributed by atoms with Crippen molar-refractivity contribution in [3.8, 4) is 0 Å². The zero-order valence-corrected chi connectivity index (χ0v) is 11.7. The molecular formula is C15H19N3O2. The number of likely N-dealkylation sites (tertiary alicyclic amines) is 1. The molecule has 0 radical (unpaired) electrons. The summed E-state index contributed by atoms with van der Waals surface area (Å²) >= 11 is 0. The van der Waals surface area contributed by atoms with E-state index in [1.165, 1.54) is 25.9 Å². The Hall–Kier alpha value is -1.88. The molecule has 1 N–H and O–H groups in total. The molecule has 0 saturated carbocycles. The molecule has 5 heteroatoms. The van der Waals surface area contributed by atoms with Gasteiger partial charge in [0.1, 0.15) is 11.3 Å². The molecule has 0 amide bonds. The summed E-state index contributed by atoms with van der Waals surface area (Å²) in [5.74, 6) is -0.0345. The van der Waals surface area contributed by atoms with Crippen LogP contribution in [0.1, 0.15) is 29.0 Å². The van der Waals surface area contributed by atoms with Gasteiger partial charge in [-0.15, -0.1) is 0 Å². The van der Waals surface area contributed by atoms with Gasteiger partial charge in [-0.2, -0.15) is 0 Å². The third-order valence-electron chi connectivity index (χ3n) is 4.04. The Labute approximate surface area is 117 Å². The molecule has 0 aliphatic carbocycles. The summed E-state index contributed by atoms with van der Waals surface area (Å²) in [6, 6.07) is 5.35. The largest absolute Gasteiger partial charge is 0.478 e. The summed E-state index contributed by atoms with van der Waals surface area (Å²) < 4.78 is 2.13. The molecule has 1 aromatic heterocycles. The van der Waals surface area contributed by atoms with Gasteiger partial charge in [-0.1, -0.05) is 6.07 Å². The predicted molar refractivity (Wildman–Crippen MR) is 77.1 cm³/mol. The number of hydrogen-bond acceptors (Lipinski definition) is 3. The summed E-state index contributed by atoms with van der Waals surface area (Å²) in [6.07, 6.45) is 2.57. The number of hydrogen-bond donors (Lipinski definition) is 1. The molecule has 3 rings (SSSR count). The highest BCUT2D eigenvalue weighted by atomic mass is 16.4. The normalized spacial score (nSPS) is 16.1. The molecule has 5 nitrogen and oxygen atoms in total. The average molecular weight is 273 g/mol. The minimum Gasteiger partial charge on any atom is -0.478 e. The number of nitrogens with zero attached hydrogens (tertiary/aromatic N) is 3. The fraction of sp³-hybridized carbons (Fsp3) is 0.467. The third-order valence-corrected chi connectivity index (χ3v) is 4.04. The first-order chi connectivity index (χ1) is 9.66. The highest BCUT2D eigenvalue weighted by Crippen LogP contribution is 2.20. The Morgan fingerprint density at radius 1 is 1.30 bits per heavy atom. The van der Waals surface area contributed by atoms with E-state index < -0.39 is 5.97 Å². The highest BCUT2D eigenvalue weighted by Gasteiger charge is 2.16. The second-order valence-electron chi connectivity index (χ2n) is 5.34. The quantitative estimate of drug-likeness (QED) is 0.927. The van der Waals surface area contributed by atoms with Gasteiger partial charge in [-0.25, -0.2) is 9.78 Å². The minimum atomic E-state index is -0.917. The van der Waals surface area contributed by atoms with Crippen molar-refractivity contribution < 1.29 is 9.90 Å². The van der Waals surface area contributed by atoms with E-state index in [0.717, 1.165) is 24.4 Å². The van der Waals surface area contributed by atoms with E-state index in [9.17, 15) is 9.90 Å². The summed E-state index contributed by atoms with van der Waals surface area (Å²) in [5, 5.41) is 9.23. The second-order valence-corrected chi connectivity index (χ2v) is 5.34. The Bertz CT molecular complexity index is 642. The summed E-state index contributed by atoms with van der Waals surface area (Å²) in [7, 11) is 0. The molecular weight excluding hydrogens is 254 g/mol. The fourth-order valence-corrected chi connectivity index (χ4v) is 2.97. The number of aromatic nitrogens is 2. The van der Waals surface area contributed by atoms with Gasteiger partial charge in [0.05, 0.1) is 11.1 Å². The number of benzene rings is 1. The van der Waals surface area contributed by atoms with Gasteiger partial charge in [-0.05, 0) is 45.0 Å². The average Bonchev–Trinajstić information content (AvgIpc) is 3.02. The van der Waals surface area contributed by atoms with Crippen molar-refractivity contribution in [3.63, 3.8) is 0 Å². The van der Waals surface area contributed by atoms with E-state index in [-0.39, 0.29) is 5.56 Å². The first kappa shape index (κ1) is 13.1. The van der Waals surface area contributed by atoms with Gasteiger partial charge in [0, 0.05) is 13.1 Å². The molecule has 106 valence electrons. The standard InChI is InChI=1S/C15H19N3O2/c1-11-16-14-12(15(19)20)5-4-6-13(14)18(11)10-9-17-7-2-3-8-17/h4-6H,2-3,7-10H2,1H3,(H,19,20). The Kier molecular flexibility index (Phi) is 3.44. The summed E-state index contributed by atoms with van der Waals surface area (Å²) in [4.78, 5) is 18.1. The number of para-hydroxylation sites is 1. The van der Waals surface area contributed by atoms with Crippen LogP contribution < -0.4 is 0 Å². The van der Waals surface area contributed by atoms with Crippen LogP contribution in [0.2, 0.25) is 0 Å². The van der Waals surface area contributed by atoms with Gasteiger partial charge in [-0.3, -0.25) is 0 Å². The lowest BCUT2D eigenvalue weighted by molar-refractivity contribution is 0.0699. The number of carboxylic acids is 1. The monoisotopic (exact) mass is 273 g/mol. The topological polar surface area (TPSA) is 58.4 Å². The van der Waals surface area contributed by atoms with Crippen molar-refractivity contribution in [2.75, 3.05) is 19.6 Å². The number of carbonyl (C=O) groups is 1. The van der Waals surface area contributed by atoms with Crippen molar-refractivity contribution in [3.05, 3.63) is 29.6 Å². The molecule has 1 aromatic carbocycles. The molecule has 2 aromatic rings. The summed E-state index contributed by atoms with van der Waals surface area (Å²) in [6.45, 7) is 6.16. The molecule has 0 unspecified atom stereocenters. The van der Waals surface area contributed by atoms with Crippen LogP contribution >= 0.6 is 0 Å². The maximum Gasteiger partial charge on any atom is 0.337 e. The number of rotatable bonds is 4. The first-order valence-electron chi connectivity index (χ1n) is 7.08. The lowest BCUT2D eigenvalue weighted by Gasteiger charge is -2.15. The van der Waals surface area contributed by atoms with E-state index in [1.54, 1.807) is 12.1 Å². The van der Waals surface area contributed by atoms with E-state index in [4.69, 9.17) is 0 Å². The van der Waals surface area contributed by atoms with Crippen LogP contribution in [0.3, 0.4) is 0 Å². The Morgan fingerprint density at radius 2 is 2.05 bits per heavy atom. The van der Waals surface area contributed by atoms with Crippen LogP contribution in [0.5, 0.6) is 0 Å². The summed E-state index contributed by atoms with van der Waals surface area (Å²) in [5.41, 5.74) is 1.80. The highest BCUT2D eigenvalue weighted by molar-refractivity contribution is 6.01. The van der Waals surface area contributed by atoms with Gasteiger partial charge < -0.3 is 14.6 Å². The van der Waals surface area contributed by atoms with Crippen molar-refractivity contribution in [1.29, 1.82) is 0 Å². The van der Waals surface area contributed by atoms with Crippen LogP contribution in [0.25, 0.3) is 11.0 Å². The molecule has 2 heterocycles. The lowest BCUT2D eigenvalue weighted by atomic mass is 10.2. The molecule has 1 aliphatic heterocycles. The van der Waals surface area contributed by atoms with Crippen LogP contribution in [0.15, 0.2) is 18.2 Å². The molecule has 1 saturated heterocycles. The Morgan fingerprint density at radius 3 is 2.75 bits per heavy atom. The van der Waals surface area contributed by atoms with Crippen LogP contribution in [-0.4, -0.2) is 45.2 Å². The maximum atomic E-state index is 11.2. The maximum absolute atomic E-state index is 11.2. The van der Waals surface area contributed by atoms with Crippen molar-refractivity contribution in [2.45, 2.75) is 26.3 Å². The molecule has 0 spiro atoms. The SMILES string of the molecule is Cc1nc2c(C(=O)O)cccc2n1CCN1CCCC1. The van der Waals surface area contributed by atoms with Crippen LogP contribution in [0, 0.1) is 6.92 Å². The van der Waals surface area contributed by atoms with E-state index in [0.29, 0.717) is 5.52 Å². The fourth-order valence-electron chi connectivity index (χ4n) is 2.97. The van der Waals surface area contributed by atoms with E-state index >= 15 is 0 Å². The number of aryl methyl sites for hydroxylation is 1. The number of aromatic carboxylic acids is 1. The molecule has 0 atom stereocenters. The van der Waals surface area contributed by atoms with Gasteiger partial charge in [0.25, 0.3) is 0 Å². The van der Waals surface area contributed by atoms with Crippen molar-refractivity contribution in [1.82, 2.24) is 14.5 Å². The van der Waals surface area contributed by atoms with E-state index in [1.807, 2.05) is 13.0 Å². The first-order valence-corrected chi connectivity index (χ1v) is 7.08. The van der Waals surface area contributed by atoms with Gasteiger partial charge in [0.15, 0.2) is 0 Å². The second kappa shape index (κ2) is 5.25. The van der Waals surface area contributed by atoms with E-state index in [2.05, 4.69) is 14.5 Å². The van der Waals surface area contributed by atoms with Crippen molar-refractivity contribution in [2.24, 2.45) is 0 Å². The van der Waals surface area contributed by atoms with Gasteiger partial charge >= 0.3 is 5.97 Å². The number of imidazole rings is 1. The molecule has 1 aliphatic rings. The smallest absolute Gasteiger partial charge is 0.337 e. The Balaban J connectivity index is 1.92. The van der Waals surface area contributed by atoms with Gasteiger partial charge in [0.2, 0.25) is 0 Å².